The number of ether oxygens (including phenoxy) is 1. The molecule has 0 saturated heterocycles. The normalized spacial score (nSPS) is 12.2. The minimum atomic E-state index is -0.101. The highest BCUT2D eigenvalue weighted by molar-refractivity contribution is 7.10. The van der Waals surface area contributed by atoms with Gasteiger partial charge in [-0.3, -0.25) is 9.69 Å². The summed E-state index contributed by atoms with van der Waals surface area (Å²) in [6.45, 7) is 6.77. The average molecular weight is 332 g/mol. The molecule has 1 heterocycles. The Labute approximate surface area is 142 Å². The van der Waals surface area contributed by atoms with Crippen molar-refractivity contribution in [2.45, 2.75) is 19.9 Å². The van der Waals surface area contributed by atoms with Gasteiger partial charge in [0, 0.05) is 11.4 Å². The molecule has 0 fully saturated rings. The molecular formula is C18H24N2O2S. The van der Waals surface area contributed by atoms with E-state index in [-0.39, 0.29) is 11.9 Å². The molecule has 1 N–H and O–H groups in total. The summed E-state index contributed by atoms with van der Waals surface area (Å²) in [6, 6.07) is 11.7. The van der Waals surface area contributed by atoms with Crippen LogP contribution in [0.2, 0.25) is 0 Å². The third kappa shape index (κ3) is 4.33. The number of nitrogens with zero attached hydrogens (tertiary/aromatic N) is 1. The molecule has 1 aromatic heterocycles. The molecule has 0 spiro atoms. The maximum Gasteiger partial charge on any atom is 0.255 e. The molecule has 5 heteroatoms. The first-order chi connectivity index (χ1) is 11.2. The van der Waals surface area contributed by atoms with Gasteiger partial charge in [0.25, 0.3) is 5.91 Å². The lowest BCUT2D eigenvalue weighted by Crippen LogP contribution is -2.37. The summed E-state index contributed by atoms with van der Waals surface area (Å²) >= 11 is 1.73. The Hall–Kier alpha value is -1.85. The van der Waals surface area contributed by atoms with Gasteiger partial charge in [-0.25, -0.2) is 0 Å². The van der Waals surface area contributed by atoms with Gasteiger partial charge in [0.15, 0.2) is 0 Å². The van der Waals surface area contributed by atoms with Gasteiger partial charge < -0.3 is 10.1 Å². The van der Waals surface area contributed by atoms with Crippen molar-refractivity contribution in [3.8, 4) is 5.75 Å². The molecule has 124 valence electrons. The van der Waals surface area contributed by atoms with Crippen LogP contribution in [-0.2, 0) is 0 Å². The highest BCUT2D eigenvalue weighted by Crippen LogP contribution is 2.25. The number of benzene rings is 1. The van der Waals surface area contributed by atoms with Crippen LogP contribution >= 0.6 is 11.3 Å². The van der Waals surface area contributed by atoms with Crippen molar-refractivity contribution in [2.24, 2.45) is 0 Å². The molecule has 0 aliphatic heterocycles. The lowest BCUT2D eigenvalue weighted by atomic mass is 10.1. The summed E-state index contributed by atoms with van der Waals surface area (Å²) in [5.74, 6) is 0.497. The minimum absolute atomic E-state index is 0.101. The quantitative estimate of drug-likeness (QED) is 0.803. The zero-order valence-corrected chi connectivity index (χ0v) is 14.7. The predicted molar refractivity (Wildman–Crippen MR) is 95.3 cm³/mol. The smallest absolute Gasteiger partial charge is 0.255 e. The first-order valence-corrected chi connectivity index (χ1v) is 8.77. The maximum atomic E-state index is 12.5. The Morgan fingerprint density at radius 3 is 2.57 bits per heavy atom. The van der Waals surface area contributed by atoms with Crippen molar-refractivity contribution < 1.29 is 9.53 Å². The summed E-state index contributed by atoms with van der Waals surface area (Å²) < 4.78 is 5.27. The molecule has 2 aromatic rings. The Bertz CT molecular complexity index is 609. The van der Waals surface area contributed by atoms with E-state index in [2.05, 4.69) is 41.6 Å². The topological polar surface area (TPSA) is 41.6 Å². The van der Waals surface area contributed by atoms with Gasteiger partial charge in [-0.05, 0) is 36.7 Å². The van der Waals surface area contributed by atoms with Gasteiger partial charge >= 0.3 is 0 Å². The zero-order chi connectivity index (χ0) is 16.7. The van der Waals surface area contributed by atoms with Crippen molar-refractivity contribution in [1.82, 2.24) is 10.2 Å². The molecule has 0 saturated carbocycles. The van der Waals surface area contributed by atoms with E-state index in [1.54, 1.807) is 30.6 Å². The van der Waals surface area contributed by atoms with Crippen molar-refractivity contribution in [1.29, 1.82) is 0 Å². The fourth-order valence-electron chi connectivity index (χ4n) is 2.67. The van der Waals surface area contributed by atoms with Crippen LogP contribution in [0.4, 0.5) is 0 Å². The molecule has 0 radical (unpaired) electrons. The number of para-hydroxylation sites is 1. The molecular weight excluding hydrogens is 308 g/mol. The van der Waals surface area contributed by atoms with Crippen LogP contribution in [-0.4, -0.2) is 37.6 Å². The Morgan fingerprint density at radius 2 is 1.96 bits per heavy atom. The van der Waals surface area contributed by atoms with Crippen LogP contribution in [0.3, 0.4) is 0 Å². The van der Waals surface area contributed by atoms with Crippen molar-refractivity contribution in [3.05, 3.63) is 52.2 Å². The van der Waals surface area contributed by atoms with Crippen molar-refractivity contribution >= 4 is 17.2 Å². The van der Waals surface area contributed by atoms with Crippen LogP contribution in [0.5, 0.6) is 5.75 Å². The van der Waals surface area contributed by atoms with Crippen LogP contribution in [0.15, 0.2) is 41.8 Å². The predicted octanol–water partition coefficient (Wildman–Crippen LogP) is 3.57. The monoisotopic (exact) mass is 332 g/mol. The molecule has 1 amide bonds. The minimum Gasteiger partial charge on any atom is -0.496 e. The number of thiophene rings is 1. The number of carbonyl (C=O) groups is 1. The van der Waals surface area contributed by atoms with E-state index in [1.165, 1.54) is 4.88 Å². The van der Waals surface area contributed by atoms with Gasteiger partial charge in [-0.1, -0.05) is 32.0 Å². The first kappa shape index (κ1) is 17.5. The van der Waals surface area contributed by atoms with E-state index in [9.17, 15) is 4.79 Å². The number of methoxy groups -OCH3 is 1. The number of rotatable bonds is 8. The Kier molecular flexibility index (Phi) is 6.62. The number of hydrogen-bond donors (Lipinski definition) is 1. The summed E-state index contributed by atoms with van der Waals surface area (Å²) in [5, 5.41) is 5.13. The van der Waals surface area contributed by atoms with Gasteiger partial charge in [-0.15, -0.1) is 11.3 Å². The molecule has 1 atom stereocenters. The average Bonchev–Trinajstić information content (AvgIpc) is 3.12. The molecule has 4 nitrogen and oxygen atoms in total. The van der Waals surface area contributed by atoms with E-state index in [4.69, 9.17) is 4.74 Å². The van der Waals surface area contributed by atoms with Crippen LogP contribution in [0.25, 0.3) is 0 Å². The van der Waals surface area contributed by atoms with Crippen molar-refractivity contribution in [2.75, 3.05) is 26.7 Å². The fourth-order valence-corrected chi connectivity index (χ4v) is 3.53. The summed E-state index contributed by atoms with van der Waals surface area (Å²) in [4.78, 5) is 16.1. The first-order valence-electron chi connectivity index (χ1n) is 7.89. The van der Waals surface area contributed by atoms with Crippen molar-refractivity contribution in [3.63, 3.8) is 0 Å². The van der Waals surface area contributed by atoms with Crippen LogP contribution in [0.1, 0.15) is 35.1 Å². The third-order valence-electron chi connectivity index (χ3n) is 3.93. The van der Waals surface area contributed by atoms with E-state index in [0.29, 0.717) is 17.9 Å². The fraction of sp³-hybridized carbons (Fsp3) is 0.389. The molecule has 0 aliphatic carbocycles. The van der Waals surface area contributed by atoms with Crippen LogP contribution < -0.4 is 10.1 Å². The second-order valence-corrected chi connectivity index (χ2v) is 6.14. The van der Waals surface area contributed by atoms with Gasteiger partial charge in [-0.2, -0.15) is 0 Å². The summed E-state index contributed by atoms with van der Waals surface area (Å²) in [5.41, 5.74) is 0.569. The molecule has 0 aliphatic rings. The molecule has 2 rings (SSSR count). The number of nitrogens with one attached hydrogen (secondary N) is 1. The molecule has 1 aromatic carbocycles. The number of likely N-dealkylation sites (N-methyl/N-ethyl adjacent to an activating group) is 1. The molecule has 1 unspecified atom stereocenters. The number of amides is 1. The maximum absolute atomic E-state index is 12.5. The van der Waals surface area contributed by atoms with Crippen LogP contribution in [0, 0.1) is 0 Å². The number of hydrogen-bond acceptors (Lipinski definition) is 4. The SMILES string of the molecule is CCN(CC)C(CNC(=O)c1ccccc1OC)c1cccs1. The van der Waals surface area contributed by atoms with Gasteiger partial charge in [0.05, 0.1) is 18.7 Å². The summed E-state index contributed by atoms with van der Waals surface area (Å²) in [6.07, 6.45) is 0. The highest BCUT2D eigenvalue weighted by Gasteiger charge is 2.20. The standard InChI is InChI=1S/C18H24N2O2S/c1-4-20(5-2)15(17-11-8-12-23-17)13-19-18(21)14-9-6-7-10-16(14)22-3/h6-12,15H,4-5,13H2,1-3H3,(H,19,21). The second-order valence-electron chi connectivity index (χ2n) is 5.16. The highest BCUT2D eigenvalue weighted by atomic mass is 32.1. The van der Waals surface area contributed by atoms with E-state index in [0.717, 1.165) is 13.1 Å². The van der Waals surface area contributed by atoms with E-state index < -0.39 is 0 Å². The third-order valence-corrected chi connectivity index (χ3v) is 4.91. The molecule has 0 bridgehead atoms. The Morgan fingerprint density at radius 1 is 1.22 bits per heavy atom. The zero-order valence-electron chi connectivity index (χ0n) is 13.9. The molecule has 23 heavy (non-hydrogen) atoms. The number of carbonyl (C=O) groups excluding carboxylic acids is 1. The lowest BCUT2D eigenvalue weighted by molar-refractivity contribution is 0.0932. The van der Waals surface area contributed by atoms with Gasteiger partial charge in [0.1, 0.15) is 5.75 Å². The lowest BCUT2D eigenvalue weighted by Gasteiger charge is -2.29. The Balaban J connectivity index is 2.10. The van der Waals surface area contributed by atoms with Gasteiger partial charge in [0.2, 0.25) is 0 Å². The van der Waals surface area contributed by atoms with E-state index >= 15 is 0 Å². The largest absolute Gasteiger partial charge is 0.496 e. The summed E-state index contributed by atoms with van der Waals surface area (Å²) in [7, 11) is 1.58. The van der Waals surface area contributed by atoms with E-state index in [1.807, 2.05) is 12.1 Å². The second kappa shape index (κ2) is 8.70.